The van der Waals surface area contributed by atoms with Crippen LogP contribution in [-0.2, 0) is 5.41 Å². The van der Waals surface area contributed by atoms with Crippen LogP contribution in [0.3, 0.4) is 0 Å². The SMILES string of the molecule is CC.CC(C)(C)c1ccc(-c2ccccc2)[nH]1. The standard InChI is InChI=1S/C14H17N.C2H6/c1-14(2,3)13-10-9-12(15-13)11-7-5-4-6-8-11;1-2/h4-10,15H,1-3H3;1-2H3. The van der Waals surface area contributed by atoms with Crippen molar-refractivity contribution in [1.82, 2.24) is 4.98 Å². The van der Waals surface area contributed by atoms with Gasteiger partial charge in [-0.05, 0) is 17.7 Å². The molecule has 0 saturated carbocycles. The van der Waals surface area contributed by atoms with Crippen LogP contribution in [0.4, 0.5) is 0 Å². The molecule has 1 nitrogen and oxygen atoms in total. The van der Waals surface area contributed by atoms with E-state index in [2.05, 4.69) is 62.2 Å². The zero-order valence-corrected chi connectivity index (χ0v) is 11.5. The molecule has 1 aromatic carbocycles. The van der Waals surface area contributed by atoms with Crippen molar-refractivity contribution in [2.24, 2.45) is 0 Å². The Hall–Kier alpha value is -1.50. The molecule has 0 fully saturated rings. The number of H-pyrrole nitrogens is 1. The van der Waals surface area contributed by atoms with Crippen molar-refractivity contribution >= 4 is 0 Å². The van der Waals surface area contributed by atoms with Crippen molar-refractivity contribution in [2.45, 2.75) is 40.0 Å². The van der Waals surface area contributed by atoms with E-state index in [0.29, 0.717) is 0 Å². The number of hydrogen-bond donors (Lipinski definition) is 1. The van der Waals surface area contributed by atoms with Gasteiger partial charge in [0.25, 0.3) is 0 Å². The van der Waals surface area contributed by atoms with Crippen LogP contribution in [0.2, 0.25) is 0 Å². The highest BCUT2D eigenvalue weighted by atomic mass is 14.7. The highest BCUT2D eigenvalue weighted by molar-refractivity contribution is 5.59. The molecule has 2 rings (SSSR count). The van der Waals surface area contributed by atoms with E-state index < -0.39 is 0 Å². The van der Waals surface area contributed by atoms with Crippen molar-refractivity contribution in [3.63, 3.8) is 0 Å². The molecular formula is C16H23N. The zero-order chi connectivity index (χ0) is 12.9. The summed E-state index contributed by atoms with van der Waals surface area (Å²) in [5, 5.41) is 0. The molecule has 0 spiro atoms. The molecule has 0 atom stereocenters. The third-order valence-electron chi connectivity index (χ3n) is 2.58. The quantitative estimate of drug-likeness (QED) is 0.708. The summed E-state index contributed by atoms with van der Waals surface area (Å²) in [6.07, 6.45) is 0. The summed E-state index contributed by atoms with van der Waals surface area (Å²) in [5.41, 5.74) is 3.91. The van der Waals surface area contributed by atoms with E-state index in [1.54, 1.807) is 0 Å². The van der Waals surface area contributed by atoms with Crippen LogP contribution in [-0.4, -0.2) is 4.98 Å². The number of aromatic nitrogens is 1. The first-order valence-electron chi connectivity index (χ1n) is 6.32. The van der Waals surface area contributed by atoms with E-state index in [0.717, 1.165) is 0 Å². The Balaban J connectivity index is 0.000000686. The summed E-state index contributed by atoms with van der Waals surface area (Å²) in [6.45, 7) is 10.6. The fourth-order valence-electron chi connectivity index (χ4n) is 1.62. The van der Waals surface area contributed by atoms with Gasteiger partial charge in [-0.15, -0.1) is 0 Å². The number of benzene rings is 1. The average molecular weight is 229 g/mol. The topological polar surface area (TPSA) is 15.8 Å². The summed E-state index contributed by atoms with van der Waals surface area (Å²) in [5.74, 6) is 0. The molecular weight excluding hydrogens is 206 g/mol. The maximum atomic E-state index is 3.47. The second kappa shape index (κ2) is 5.72. The van der Waals surface area contributed by atoms with E-state index in [1.807, 2.05) is 19.9 Å². The monoisotopic (exact) mass is 229 g/mol. The minimum absolute atomic E-state index is 0.188. The Morgan fingerprint density at radius 3 is 1.88 bits per heavy atom. The number of hydrogen-bond acceptors (Lipinski definition) is 0. The Labute approximate surface area is 105 Å². The van der Waals surface area contributed by atoms with Crippen LogP contribution >= 0.6 is 0 Å². The third kappa shape index (κ3) is 3.48. The largest absolute Gasteiger partial charge is 0.358 e. The molecule has 2 aromatic rings. The lowest BCUT2D eigenvalue weighted by Gasteiger charge is -2.16. The molecule has 0 bridgehead atoms. The molecule has 1 heteroatoms. The van der Waals surface area contributed by atoms with Crippen molar-refractivity contribution in [1.29, 1.82) is 0 Å². The van der Waals surface area contributed by atoms with Gasteiger partial charge in [-0.1, -0.05) is 65.0 Å². The van der Waals surface area contributed by atoms with E-state index in [1.165, 1.54) is 17.0 Å². The van der Waals surface area contributed by atoms with Gasteiger partial charge in [0.1, 0.15) is 0 Å². The lowest BCUT2D eigenvalue weighted by atomic mass is 9.93. The first-order chi connectivity index (χ1) is 8.07. The Bertz CT molecular complexity index is 432. The normalized spacial score (nSPS) is 10.6. The van der Waals surface area contributed by atoms with Crippen molar-refractivity contribution in [3.05, 3.63) is 48.2 Å². The first kappa shape index (κ1) is 13.6. The number of aromatic amines is 1. The lowest BCUT2D eigenvalue weighted by molar-refractivity contribution is 0.573. The molecule has 1 heterocycles. The van der Waals surface area contributed by atoms with Gasteiger partial charge >= 0.3 is 0 Å². The molecule has 1 aromatic heterocycles. The summed E-state index contributed by atoms with van der Waals surface area (Å²) in [7, 11) is 0. The number of nitrogens with one attached hydrogen (secondary N) is 1. The van der Waals surface area contributed by atoms with E-state index in [9.17, 15) is 0 Å². The molecule has 92 valence electrons. The lowest BCUT2D eigenvalue weighted by Crippen LogP contribution is -2.11. The van der Waals surface area contributed by atoms with E-state index in [-0.39, 0.29) is 5.41 Å². The Kier molecular flexibility index (Phi) is 4.56. The molecule has 0 aliphatic heterocycles. The molecule has 0 amide bonds. The van der Waals surface area contributed by atoms with Crippen LogP contribution in [0, 0.1) is 0 Å². The van der Waals surface area contributed by atoms with Gasteiger partial charge in [0.2, 0.25) is 0 Å². The van der Waals surface area contributed by atoms with Crippen LogP contribution < -0.4 is 0 Å². The van der Waals surface area contributed by atoms with Crippen LogP contribution in [0.25, 0.3) is 11.3 Å². The molecule has 0 aliphatic carbocycles. The first-order valence-corrected chi connectivity index (χ1v) is 6.32. The van der Waals surface area contributed by atoms with Crippen molar-refractivity contribution in [2.75, 3.05) is 0 Å². The van der Waals surface area contributed by atoms with Gasteiger partial charge in [-0.2, -0.15) is 0 Å². The molecule has 0 saturated heterocycles. The van der Waals surface area contributed by atoms with E-state index in [4.69, 9.17) is 0 Å². The van der Waals surface area contributed by atoms with Crippen molar-refractivity contribution in [3.8, 4) is 11.3 Å². The summed E-state index contributed by atoms with van der Waals surface area (Å²) in [4.78, 5) is 3.47. The molecule has 0 aliphatic rings. The van der Waals surface area contributed by atoms with E-state index >= 15 is 0 Å². The maximum absolute atomic E-state index is 3.47. The van der Waals surface area contributed by atoms with Gasteiger partial charge in [0, 0.05) is 16.8 Å². The highest BCUT2D eigenvalue weighted by Crippen LogP contribution is 2.25. The fraction of sp³-hybridized carbons (Fsp3) is 0.375. The minimum atomic E-state index is 0.188. The minimum Gasteiger partial charge on any atom is -0.358 e. The van der Waals surface area contributed by atoms with Gasteiger partial charge < -0.3 is 4.98 Å². The van der Waals surface area contributed by atoms with Gasteiger partial charge in [-0.25, -0.2) is 0 Å². The van der Waals surface area contributed by atoms with Gasteiger partial charge in [0.05, 0.1) is 0 Å². The van der Waals surface area contributed by atoms with Crippen LogP contribution in [0.15, 0.2) is 42.5 Å². The second-order valence-corrected chi connectivity index (χ2v) is 4.90. The summed E-state index contributed by atoms with van der Waals surface area (Å²) in [6, 6.07) is 14.7. The fourth-order valence-corrected chi connectivity index (χ4v) is 1.62. The van der Waals surface area contributed by atoms with Gasteiger partial charge in [-0.3, -0.25) is 0 Å². The third-order valence-corrected chi connectivity index (χ3v) is 2.58. The molecule has 0 radical (unpaired) electrons. The van der Waals surface area contributed by atoms with Gasteiger partial charge in [0.15, 0.2) is 0 Å². The second-order valence-electron chi connectivity index (χ2n) is 4.90. The average Bonchev–Trinajstić information content (AvgIpc) is 2.82. The summed E-state index contributed by atoms with van der Waals surface area (Å²) >= 11 is 0. The predicted octanol–water partition coefficient (Wildman–Crippen LogP) is 5.01. The number of rotatable bonds is 1. The van der Waals surface area contributed by atoms with Crippen LogP contribution in [0.1, 0.15) is 40.3 Å². The molecule has 1 N–H and O–H groups in total. The highest BCUT2D eigenvalue weighted by Gasteiger charge is 2.15. The Morgan fingerprint density at radius 1 is 0.824 bits per heavy atom. The Morgan fingerprint density at radius 2 is 1.41 bits per heavy atom. The smallest absolute Gasteiger partial charge is 0.0456 e. The van der Waals surface area contributed by atoms with Crippen molar-refractivity contribution < 1.29 is 0 Å². The molecule has 0 unspecified atom stereocenters. The molecule has 17 heavy (non-hydrogen) atoms. The maximum Gasteiger partial charge on any atom is 0.0456 e. The van der Waals surface area contributed by atoms with Crippen LogP contribution in [0.5, 0.6) is 0 Å². The summed E-state index contributed by atoms with van der Waals surface area (Å²) < 4.78 is 0. The predicted molar refractivity (Wildman–Crippen MR) is 76.3 cm³/mol. The zero-order valence-electron chi connectivity index (χ0n) is 11.5.